The van der Waals surface area contributed by atoms with E-state index in [2.05, 4.69) is 4.98 Å². The van der Waals surface area contributed by atoms with Crippen LogP contribution < -0.4 is 15.0 Å². The zero-order valence-electron chi connectivity index (χ0n) is 15.3. The first-order valence-corrected chi connectivity index (χ1v) is 8.54. The number of benzene rings is 2. The SMILES string of the molecule is COc1ccc(OCCN(C)C(=O)Cn2c(=O)cnc3ccccc32)cc1. The molecule has 0 aliphatic rings. The van der Waals surface area contributed by atoms with Gasteiger partial charge in [0, 0.05) is 7.05 Å². The van der Waals surface area contributed by atoms with Gasteiger partial charge in [-0.15, -0.1) is 0 Å². The van der Waals surface area contributed by atoms with Gasteiger partial charge in [0.15, 0.2) is 0 Å². The third kappa shape index (κ3) is 4.44. The maximum absolute atomic E-state index is 12.5. The highest BCUT2D eigenvalue weighted by Crippen LogP contribution is 2.16. The summed E-state index contributed by atoms with van der Waals surface area (Å²) in [6, 6.07) is 14.5. The van der Waals surface area contributed by atoms with Crippen molar-refractivity contribution >= 4 is 16.9 Å². The summed E-state index contributed by atoms with van der Waals surface area (Å²) in [5.41, 5.74) is 1.02. The lowest BCUT2D eigenvalue weighted by Gasteiger charge is -2.19. The second-order valence-corrected chi connectivity index (χ2v) is 6.01. The van der Waals surface area contributed by atoms with Crippen molar-refractivity contribution in [2.24, 2.45) is 0 Å². The molecule has 0 atom stereocenters. The largest absolute Gasteiger partial charge is 0.497 e. The second kappa shape index (κ2) is 8.35. The molecule has 0 N–H and O–H groups in total. The van der Waals surface area contributed by atoms with E-state index in [0.29, 0.717) is 29.9 Å². The summed E-state index contributed by atoms with van der Waals surface area (Å²) in [6.07, 6.45) is 1.24. The molecule has 0 aliphatic heterocycles. The molecular weight excluding hydrogens is 346 g/mol. The molecule has 0 aliphatic carbocycles. The quantitative estimate of drug-likeness (QED) is 0.638. The Kier molecular flexibility index (Phi) is 5.71. The molecule has 0 spiro atoms. The minimum atomic E-state index is -0.301. The van der Waals surface area contributed by atoms with Gasteiger partial charge in [-0.3, -0.25) is 14.2 Å². The highest BCUT2D eigenvalue weighted by molar-refractivity contribution is 5.79. The van der Waals surface area contributed by atoms with Crippen molar-refractivity contribution in [3.05, 3.63) is 65.1 Å². The number of para-hydroxylation sites is 2. The summed E-state index contributed by atoms with van der Waals surface area (Å²) in [5, 5.41) is 0. The molecule has 0 saturated carbocycles. The van der Waals surface area contributed by atoms with Gasteiger partial charge >= 0.3 is 0 Å². The maximum atomic E-state index is 12.5. The van der Waals surface area contributed by atoms with Crippen LogP contribution in [0.3, 0.4) is 0 Å². The molecule has 3 rings (SSSR count). The summed E-state index contributed by atoms with van der Waals surface area (Å²) in [7, 11) is 3.29. The lowest BCUT2D eigenvalue weighted by molar-refractivity contribution is -0.130. The number of hydrogen-bond acceptors (Lipinski definition) is 5. The van der Waals surface area contributed by atoms with Crippen molar-refractivity contribution in [1.82, 2.24) is 14.5 Å². The first-order valence-electron chi connectivity index (χ1n) is 8.54. The maximum Gasteiger partial charge on any atom is 0.269 e. The number of nitrogens with zero attached hydrogens (tertiary/aromatic N) is 3. The summed E-state index contributed by atoms with van der Waals surface area (Å²) in [5.74, 6) is 1.28. The third-order valence-corrected chi connectivity index (χ3v) is 4.23. The molecule has 140 valence electrons. The van der Waals surface area contributed by atoms with Gasteiger partial charge in [0.25, 0.3) is 5.56 Å². The van der Waals surface area contributed by atoms with Crippen LogP contribution in [-0.2, 0) is 11.3 Å². The molecule has 27 heavy (non-hydrogen) atoms. The second-order valence-electron chi connectivity index (χ2n) is 6.01. The van der Waals surface area contributed by atoms with Crippen LogP contribution in [0.5, 0.6) is 11.5 Å². The van der Waals surface area contributed by atoms with E-state index >= 15 is 0 Å². The van der Waals surface area contributed by atoms with Gasteiger partial charge in [-0.25, -0.2) is 4.98 Å². The number of ether oxygens (including phenoxy) is 2. The van der Waals surface area contributed by atoms with Crippen molar-refractivity contribution in [3.63, 3.8) is 0 Å². The van der Waals surface area contributed by atoms with Gasteiger partial charge in [0.05, 0.1) is 30.9 Å². The fourth-order valence-electron chi connectivity index (χ4n) is 2.63. The Balaban J connectivity index is 1.59. The van der Waals surface area contributed by atoms with E-state index in [1.54, 1.807) is 25.1 Å². The molecule has 0 bridgehead atoms. The Labute approximate surface area is 156 Å². The Bertz CT molecular complexity index is 982. The van der Waals surface area contributed by atoms with Gasteiger partial charge in [-0.1, -0.05) is 12.1 Å². The van der Waals surface area contributed by atoms with Crippen LogP contribution in [0.4, 0.5) is 0 Å². The molecule has 3 aromatic rings. The van der Waals surface area contributed by atoms with Crippen molar-refractivity contribution in [3.8, 4) is 11.5 Å². The van der Waals surface area contributed by atoms with Gasteiger partial charge in [-0.05, 0) is 36.4 Å². The number of carbonyl (C=O) groups excluding carboxylic acids is 1. The third-order valence-electron chi connectivity index (χ3n) is 4.23. The monoisotopic (exact) mass is 367 g/mol. The van der Waals surface area contributed by atoms with E-state index in [0.717, 1.165) is 5.75 Å². The Morgan fingerprint density at radius 3 is 2.56 bits per heavy atom. The predicted octanol–water partition coefficient (Wildman–Crippen LogP) is 1.94. The van der Waals surface area contributed by atoms with Crippen LogP contribution in [0.15, 0.2) is 59.5 Å². The number of likely N-dealkylation sites (N-methyl/N-ethyl adjacent to an activating group) is 1. The molecule has 0 radical (unpaired) electrons. The van der Waals surface area contributed by atoms with Crippen LogP contribution in [0.1, 0.15) is 0 Å². The lowest BCUT2D eigenvalue weighted by Crippen LogP contribution is -2.36. The van der Waals surface area contributed by atoms with E-state index in [1.165, 1.54) is 10.8 Å². The summed E-state index contributed by atoms with van der Waals surface area (Å²) >= 11 is 0. The topological polar surface area (TPSA) is 73.7 Å². The van der Waals surface area contributed by atoms with Crippen molar-refractivity contribution in [2.75, 3.05) is 27.3 Å². The molecular formula is C20H21N3O4. The fraction of sp³-hybridized carbons (Fsp3) is 0.250. The smallest absolute Gasteiger partial charge is 0.269 e. The first kappa shape index (κ1) is 18.4. The number of hydrogen-bond donors (Lipinski definition) is 0. The van der Waals surface area contributed by atoms with Crippen LogP contribution in [0.2, 0.25) is 0 Å². The van der Waals surface area contributed by atoms with E-state index in [-0.39, 0.29) is 18.0 Å². The summed E-state index contributed by atoms with van der Waals surface area (Å²) in [6.45, 7) is 0.712. The van der Waals surface area contributed by atoms with E-state index < -0.39 is 0 Å². The van der Waals surface area contributed by atoms with Gasteiger partial charge in [0.1, 0.15) is 24.7 Å². The molecule has 0 unspecified atom stereocenters. The number of carbonyl (C=O) groups is 1. The first-order chi connectivity index (χ1) is 13.1. The normalized spacial score (nSPS) is 10.6. The predicted molar refractivity (Wildman–Crippen MR) is 102 cm³/mol. The zero-order chi connectivity index (χ0) is 19.2. The lowest BCUT2D eigenvalue weighted by atomic mass is 10.3. The Hall–Kier alpha value is -3.35. The standard InChI is InChI=1S/C20H21N3O4/c1-22(11-12-27-16-9-7-15(26-2)8-10-16)20(25)14-23-18-6-4-3-5-17(18)21-13-19(23)24/h3-10,13H,11-12,14H2,1-2H3. The Morgan fingerprint density at radius 1 is 1.11 bits per heavy atom. The average molecular weight is 367 g/mol. The molecule has 7 nitrogen and oxygen atoms in total. The molecule has 0 fully saturated rings. The number of fused-ring (bicyclic) bond motifs is 1. The van der Waals surface area contributed by atoms with Gasteiger partial charge in [0.2, 0.25) is 5.91 Å². The molecule has 1 amide bonds. The van der Waals surface area contributed by atoms with Crippen LogP contribution in [0, 0.1) is 0 Å². The highest BCUT2D eigenvalue weighted by Gasteiger charge is 2.13. The molecule has 0 saturated heterocycles. The van der Waals surface area contributed by atoms with Gasteiger partial charge < -0.3 is 14.4 Å². The highest BCUT2D eigenvalue weighted by atomic mass is 16.5. The molecule has 1 heterocycles. The number of methoxy groups -OCH3 is 1. The molecule has 2 aromatic carbocycles. The van der Waals surface area contributed by atoms with Crippen LogP contribution in [0.25, 0.3) is 11.0 Å². The van der Waals surface area contributed by atoms with Crippen LogP contribution in [-0.4, -0.2) is 47.7 Å². The summed E-state index contributed by atoms with van der Waals surface area (Å²) in [4.78, 5) is 30.3. The zero-order valence-corrected chi connectivity index (χ0v) is 15.3. The minimum Gasteiger partial charge on any atom is -0.497 e. The number of rotatable bonds is 7. The van der Waals surface area contributed by atoms with Gasteiger partial charge in [-0.2, -0.15) is 0 Å². The van der Waals surface area contributed by atoms with E-state index in [4.69, 9.17) is 9.47 Å². The van der Waals surface area contributed by atoms with E-state index in [9.17, 15) is 9.59 Å². The summed E-state index contributed by atoms with van der Waals surface area (Å²) < 4.78 is 12.2. The number of aromatic nitrogens is 2. The molecule has 7 heteroatoms. The van der Waals surface area contributed by atoms with Crippen LogP contribution >= 0.6 is 0 Å². The molecule has 1 aromatic heterocycles. The van der Waals surface area contributed by atoms with Crippen molar-refractivity contribution in [1.29, 1.82) is 0 Å². The van der Waals surface area contributed by atoms with Crippen molar-refractivity contribution in [2.45, 2.75) is 6.54 Å². The minimum absolute atomic E-state index is 0.0408. The Morgan fingerprint density at radius 2 is 1.81 bits per heavy atom. The van der Waals surface area contributed by atoms with E-state index in [1.807, 2.05) is 42.5 Å². The number of amides is 1. The average Bonchev–Trinajstić information content (AvgIpc) is 2.70. The van der Waals surface area contributed by atoms with Crippen molar-refractivity contribution < 1.29 is 14.3 Å². The fourth-order valence-corrected chi connectivity index (χ4v) is 2.63.